The SMILES string of the molecule is Cn1[nH]c2nccnc2c1=O. The van der Waals surface area contributed by atoms with E-state index in [0.29, 0.717) is 11.2 Å². The van der Waals surface area contributed by atoms with Gasteiger partial charge in [-0.15, -0.1) is 0 Å². The Bertz CT molecular complexity index is 441. The van der Waals surface area contributed by atoms with Crippen molar-refractivity contribution in [2.24, 2.45) is 7.05 Å². The number of nitrogens with one attached hydrogen (secondary N) is 1. The molecule has 5 heteroatoms. The molecule has 0 aliphatic rings. The molecule has 0 amide bonds. The number of rotatable bonds is 0. The van der Waals surface area contributed by atoms with E-state index < -0.39 is 0 Å². The average molecular weight is 150 g/mol. The van der Waals surface area contributed by atoms with Gasteiger partial charge in [-0.1, -0.05) is 0 Å². The minimum absolute atomic E-state index is 0.145. The van der Waals surface area contributed by atoms with Crippen LogP contribution in [-0.4, -0.2) is 19.7 Å². The molecular weight excluding hydrogens is 144 g/mol. The molecular formula is C6H6N4O. The Hall–Kier alpha value is -1.65. The zero-order valence-corrected chi connectivity index (χ0v) is 5.90. The van der Waals surface area contributed by atoms with Gasteiger partial charge < -0.3 is 0 Å². The lowest BCUT2D eigenvalue weighted by Crippen LogP contribution is -2.11. The van der Waals surface area contributed by atoms with E-state index in [2.05, 4.69) is 15.1 Å². The van der Waals surface area contributed by atoms with Gasteiger partial charge >= 0.3 is 0 Å². The second-order valence-corrected chi connectivity index (χ2v) is 2.23. The van der Waals surface area contributed by atoms with Crippen molar-refractivity contribution in [3.8, 4) is 0 Å². The van der Waals surface area contributed by atoms with Gasteiger partial charge in [0.1, 0.15) is 0 Å². The second-order valence-electron chi connectivity index (χ2n) is 2.23. The molecule has 0 unspecified atom stereocenters. The zero-order valence-electron chi connectivity index (χ0n) is 5.90. The summed E-state index contributed by atoms with van der Waals surface area (Å²) >= 11 is 0. The van der Waals surface area contributed by atoms with Crippen LogP contribution in [0, 0.1) is 0 Å². The van der Waals surface area contributed by atoms with E-state index in [9.17, 15) is 4.79 Å². The molecule has 1 N–H and O–H groups in total. The molecule has 0 radical (unpaired) electrons. The molecule has 0 bridgehead atoms. The van der Waals surface area contributed by atoms with Gasteiger partial charge in [0.05, 0.1) is 0 Å². The van der Waals surface area contributed by atoms with Crippen molar-refractivity contribution in [1.82, 2.24) is 19.7 Å². The van der Waals surface area contributed by atoms with Crippen molar-refractivity contribution < 1.29 is 0 Å². The van der Waals surface area contributed by atoms with Crippen LogP contribution in [-0.2, 0) is 7.05 Å². The third kappa shape index (κ3) is 0.739. The van der Waals surface area contributed by atoms with Crippen LogP contribution in [0.1, 0.15) is 0 Å². The number of H-pyrrole nitrogens is 1. The molecule has 0 aliphatic heterocycles. The Morgan fingerprint density at radius 1 is 1.45 bits per heavy atom. The third-order valence-electron chi connectivity index (χ3n) is 1.48. The Morgan fingerprint density at radius 2 is 2.18 bits per heavy atom. The number of nitrogens with zero attached hydrogens (tertiary/aromatic N) is 3. The summed E-state index contributed by atoms with van der Waals surface area (Å²) < 4.78 is 1.35. The fraction of sp³-hybridized carbons (Fsp3) is 0.167. The lowest BCUT2D eigenvalue weighted by Gasteiger charge is -1.81. The largest absolute Gasteiger partial charge is 0.294 e. The predicted molar refractivity (Wildman–Crippen MR) is 39.1 cm³/mol. The maximum absolute atomic E-state index is 11.2. The first kappa shape index (κ1) is 6.09. The van der Waals surface area contributed by atoms with Crippen LogP contribution in [0.2, 0.25) is 0 Å². The highest BCUT2D eigenvalue weighted by molar-refractivity contribution is 5.67. The van der Waals surface area contributed by atoms with Crippen LogP contribution < -0.4 is 5.56 Å². The molecule has 0 saturated heterocycles. The van der Waals surface area contributed by atoms with Gasteiger partial charge in [-0.3, -0.25) is 14.6 Å². The maximum Gasteiger partial charge on any atom is 0.294 e. The molecule has 56 valence electrons. The molecule has 2 aromatic rings. The summed E-state index contributed by atoms with van der Waals surface area (Å²) in [6.45, 7) is 0. The number of aryl methyl sites for hydroxylation is 1. The fourth-order valence-corrected chi connectivity index (χ4v) is 0.945. The number of aromatic amines is 1. The number of fused-ring (bicyclic) bond motifs is 1. The van der Waals surface area contributed by atoms with Gasteiger partial charge in [0, 0.05) is 19.4 Å². The normalized spacial score (nSPS) is 10.6. The van der Waals surface area contributed by atoms with E-state index in [4.69, 9.17) is 0 Å². The maximum atomic E-state index is 11.2. The smallest absolute Gasteiger partial charge is 0.277 e. The molecule has 0 saturated carbocycles. The summed E-state index contributed by atoms with van der Waals surface area (Å²) in [7, 11) is 1.63. The van der Waals surface area contributed by atoms with Crippen LogP contribution >= 0.6 is 0 Å². The van der Waals surface area contributed by atoms with Gasteiger partial charge in [-0.05, 0) is 0 Å². The lowest BCUT2D eigenvalue weighted by atomic mass is 10.5. The first-order valence-corrected chi connectivity index (χ1v) is 3.15. The highest BCUT2D eigenvalue weighted by Gasteiger charge is 2.03. The number of hydrogen-bond acceptors (Lipinski definition) is 3. The van der Waals surface area contributed by atoms with Crippen molar-refractivity contribution in [2.45, 2.75) is 0 Å². The minimum Gasteiger partial charge on any atom is -0.277 e. The molecule has 0 aromatic carbocycles. The van der Waals surface area contributed by atoms with Crippen molar-refractivity contribution >= 4 is 11.2 Å². The molecule has 5 nitrogen and oxygen atoms in total. The van der Waals surface area contributed by atoms with E-state index in [1.165, 1.54) is 17.1 Å². The Morgan fingerprint density at radius 3 is 2.91 bits per heavy atom. The molecule has 2 rings (SSSR count). The van der Waals surface area contributed by atoms with Crippen molar-refractivity contribution in [3.63, 3.8) is 0 Å². The summed E-state index contributed by atoms with van der Waals surface area (Å²) in [5.41, 5.74) is 0.767. The summed E-state index contributed by atoms with van der Waals surface area (Å²) in [5, 5.41) is 2.76. The molecule has 2 heterocycles. The first-order chi connectivity index (χ1) is 5.29. The molecule has 0 spiro atoms. The summed E-state index contributed by atoms with van der Waals surface area (Å²) in [4.78, 5) is 19.0. The third-order valence-corrected chi connectivity index (χ3v) is 1.48. The predicted octanol–water partition coefficient (Wildman–Crippen LogP) is -0.343. The fourth-order valence-electron chi connectivity index (χ4n) is 0.945. The van der Waals surface area contributed by atoms with Gasteiger partial charge in [0.25, 0.3) is 5.56 Å². The lowest BCUT2D eigenvalue weighted by molar-refractivity contribution is 0.747. The number of hydrogen-bond donors (Lipinski definition) is 1. The summed E-state index contributed by atoms with van der Waals surface area (Å²) in [5.74, 6) is 0. The Labute approximate surface area is 61.7 Å². The number of aromatic nitrogens is 4. The van der Waals surface area contributed by atoms with Gasteiger partial charge in [-0.2, -0.15) is 0 Å². The van der Waals surface area contributed by atoms with Gasteiger partial charge in [-0.25, -0.2) is 9.97 Å². The monoisotopic (exact) mass is 150 g/mol. The molecule has 11 heavy (non-hydrogen) atoms. The molecule has 0 aliphatic carbocycles. The van der Waals surface area contributed by atoms with Crippen molar-refractivity contribution in [3.05, 3.63) is 22.7 Å². The standard InChI is InChI=1S/C6H6N4O/c1-10-6(11)4-5(9-10)8-3-2-7-4/h2-3H,1H3,(H,8,9). The van der Waals surface area contributed by atoms with Gasteiger partial charge in [0.2, 0.25) is 0 Å². The highest BCUT2D eigenvalue weighted by Crippen LogP contribution is 1.95. The quantitative estimate of drug-likeness (QED) is 0.558. The van der Waals surface area contributed by atoms with Crippen LogP contribution in [0.25, 0.3) is 11.2 Å². The van der Waals surface area contributed by atoms with Crippen LogP contribution in [0.4, 0.5) is 0 Å². The molecule has 2 aromatic heterocycles. The van der Waals surface area contributed by atoms with Crippen LogP contribution in [0.3, 0.4) is 0 Å². The topological polar surface area (TPSA) is 63.6 Å². The van der Waals surface area contributed by atoms with E-state index in [-0.39, 0.29) is 5.56 Å². The highest BCUT2D eigenvalue weighted by atomic mass is 16.1. The van der Waals surface area contributed by atoms with Crippen LogP contribution in [0.15, 0.2) is 17.2 Å². The Balaban J connectivity index is 3.04. The van der Waals surface area contributed by atoms with Crippen molar-refractivity contribution in [1.29, 1.82) is 0 Å². The minimum atomic E-state index is -0.145. The second kappa shape index (κ2) is 1.91. The van der Waals surface area contributed by atoms with Crippen molar-refractivity contribution in [2.75, 3.05) is 0 Å². The molecule has 0 atom stereocenters. The van der Waals surface area contributed by atoms with E-state index >= 15 is 0 Å². The average Bonchev–Trinajstić information content (AvgIpc) is 2.30. The van der Waals surface area contributed by atoms with E-state index in [1.54, 1.807) is 7.05 Å². The van der Waals surface area contributed by atoms with E-state index in [1.807, 2.05) is 0 Å². The van der Waals surface area contributed by atoms with E-state index in [0.717, 1.165) is 0 Å². The molecule has 0 fully saturated rings. The Kier molecular flexibility index (Phi) is 1.06. The van der Waals surface area contributed by atoms with Gasteiger partial charge in [0.15, 0.2) is 11.2 Å². The summed E-state index contributed by atoms with van der Waals surface area (Å²) in [6, 6.07) is 0. The van der Waals surface area contributed by atoms with Crippen LogP contribution in [0.5, 0.6) is 0 Å². The first-order valence-electron chi connectivity index (χ1n) is 3.15. The summed E-state index contributed by atoms with van der Waals surface area (Å²) in [6.07, 6.45) is 3.04. The zero-order chi connectivity index (χ0) is 7.84.